The van der Waals surface area contributed by atoms with Crippen LogP contribution in [0.3, 0.4) is 0 Å². The first-order valence-corrected chi connectivity index (χ1v) is 14.5. The molecule has 9 nitrogen and oxygen atoms in total. The topological polar surface area (TPSA) is 83.1 Å². The van der Waals surface area contributed by atoms with Crippen molar-refractivity contribution >= 4 is 0 Å². The molecule has 3 fully saturated rings. The SMILES string of the molecule is CN(C)C12CCCC(C1)C(c1cn(C3CCC(c4nnc(COc5cccc(C(F)(F)F)c5)n4C)CC3)nn1)OC2. The Morgan fingerprint density at radius 1 is 1.10 bits per heavy atom. The molecule has 0 radical (unpaired) electrons. The molecule has 1 saturated heterocycles. The number of hydrogen-bond donors (Lipinski definition) is 0. The monoisotopic (exact) mass is 573 g/mol. The van der Waals surface area contributed by atoms with Crippen LogP contribution in [-0.2, 0) is 24.6 Å². The number of hydrogen-bond acceptors (Lipinski definition) is 7. The summed E-state index contributed by atoms with van der Waals surface area (Å²) in [5.74, 6) is 2.33. The van der Waals surface area contributed by atoms with Gasteiger partial charge in [0.25, 0.3) is 0 Å². The lowest BCUT2D eigenvalue weighted by Crippen LogP contribution is -2.55. The molecule has 0 amide bonds. The molecule has 0 spiro atoms. The molecule has 3 aromatic rings. The second kappa shape index (κ2) is 11.0. The molecule has 3 aliphatic rings. The van der Waals surface area contributed by atoms with E-state index in [-0.39, 0.29) is 36.0 Å². The highest BCUT2D eigenvalue weighted by Gasteiger charge is 2.47. The van der Waals surface area contributed by atoms with Gasteiger partial charge in [-0.2, -0.15) is 13.2 Å². The Hall–Kier alpha value is -2.99. The van der Waals surface area contributed by atoms with Crippen molar-refractivity contribution in [1.29, 1.82) is 0 Å². The van der Waals surface area contributed by atoms with Gasteiger partial charge < -0.3 is 18.9 Å². The molecule has 2 bridgehead atoms. The number of benzene rings is 1. The normalized spacial score (nSPS) is 28.7. The van der Waals surface area contributed by atoms with E-state index in [4.69, 9.17) is 9.47 Å². The van der Waals surface area contributed by atoms with Crippen molar-refractivity contribution < 1.29 is 22.6 Å². The van der Waals surface area contributed by atoms with E-state index < -0.39 is 11.7 Å². The standard InChI is InChI=1S/C29H38F3N7O2/c1-37(2)28-13-5-6-20(15-28)26(41-18-28)24-16-39(36-33-24)22-11-9-19(10-12-22)27-35-34-25(38(27)3)17-40-23-8-4-7-21(14-23)29(30,31)32/h4,7-8,14,16,19-20,22,26H,5-6,9-13,15,17-18H2,1-3H3. The van der Waals surface area contributed by atoms with Crippen molar-refractivity contribution in [3.8, 4) is 5.75 Å². The maximum absolute atomic E-state index is 13.0. The summed E-state index contributed by atoms with van der Waals surface area (Å²) >= 11 is 0. The van der Waals surface area contributed by atoms with Crippen molar-refractivity contribution in [2.75, 3.05) is 20.7 Å². The zero-order valence-electron chi connectivity index (χ0n) is 23.8. The lowest BCUT2D eigenvalue weighted by atomic mass is 9.71. The fraction of sp³-hybridized carbons (Fsp3) is 0.655. The average Bonchev–Trinajstić information content (AvgIpc) is 3.59. The van der Waals surface area contributed by atoms with Crippen molar-refractivity contribution in [2.24, 2.45) is 13.0 Å². The highest BCUT2D eigenvalue weighted by atomic mass is 19.4. The molecule has 6 rings (SSSR count). The Labute approximate surface area is 238 Å². The predicted molar refractivity (Wildman–Crippen MR) is 144 cm³/mol. The van der Waals surface area contributed by atoms with Crippen LogP contribution in [0.5, 0.6) is 5.75 Å². The fourth-order valence-electron chi connectivity index (χ4n) is 6.98. The highest BCUT2D eigenvalue weighted by Crippen LogP contribution is 2.47. The minimum atomic E-state index is -4.41. The van der Waals surface area contributed by atoms with Crippen molar-refractivity contribution in [2.45, 2.75) is 87.8 Å². The third kappa shape index (κ3) is 5.60. The van der Waals surface area contributed by atoms with Gasteiger partial charge >= 0.3 is 6.18 Å². The smallest absolute Gasteiger partial charge is 0.416 e. The maximum Gasteiger partial charge on any atom is 0.416 e. The number of nitrogens with zero attached hydrogens (tertiary/aromatic N) is 7. The van der Waals surface area contributed by atoms with Crippen LogP contribution in [0.15, 0.2) is 30.5 Å². The minimum absolute atomic E-state index is 0.0173. The van der Waals surface area contributed by atoms with Gasteiger partial charge in [-0.15, -0.1) is 15.3 Å². The summed E-state index contributed by atoms with van der Waals surface area (Å²) in [5, 5.41) is 17.8. The third-order valence-electron chi connectivity index (χ3n) is 9.55. The van der Waals surface area contributed by atoms with E-state index >= 15 is 0 Å². The van der Waals surface area contributed by atoms with Crippen LogP contribution in [0.25, 0.3) is 0 Å². The van der Waals surface area contributed by atoms with E-state index in [1.54, 1.807) is 0 Å². The number of fused-ring (bicyclic) bond motifs is 2. The van der Waals surface area contributed by atoms with E-state index in [2.05, 4.69) is 45.7 Å². The Bertz CT molecular complexity index is 1350. The van der Waals surface area contributed by atoms with Gasteiger partial charge in [-0.05, 0) is 83.2 Å². The van der Waals surface area contributed by atoms with Gasteiger partial charge in [-0.3, -0.25) is 0 Å². The van der Waals surface area contributed by atoms with Crippen LogP contribution in [0.1, 0.15) is 92.3 Å². The van der Waals surface area contributed by atoms with Crippen LogP contribution in [0, 0.1) is 5.92 Å². The molecule has 41 heavy (non-hydrogen) atoms. The van der Waals surface area contributed by atoms with Crippen LogP contribution in [0.2, 0.25) is 0 Å². The lowest BCUT2D eigenvalue weighted by molar-refractivity contribution is -0.137. The first-order chi connectivity index (χ1) is 19.6. The summed E-state index contributed by atoms with van der Waals surface area (Å²) < 4.78 is 55.0. The number of aromatic nitrogens is 6. The molecule has 0 N–H and O–H groups in total. The summed E-state index contributed by atoms with van der Waals surface area (Å²) in [6, 6.07) is 5.15. The maximum atomic E-state index is 13.0. The zero-order chi connectivity index (χ0) is 28.8. The lowest BCUT2D eigenvalue weighted by Gasteiger charge is -2.51. The van der Waals surface area contributed by atoms with Gasteiger partial charge in [0.15, 0.2) is 5.82 Å². The number of likely N-dealkylation sites (N-methyl/N-ethyl adjacent to an activating group) is 1. The van der Waals surface area contributed by atoms with Crippen molar-refractivity contribution in [3.05, 3.63) is 53.4 Å². The number of rotatable bonds is 7. The molecule has 1 aliphatic heterocycles. The number of halogens is 3. The first-order valence-electron chi connectivity index (χ1n) is 14.5. The van der Waals surface area contributed by atoms with Gasteiger partial charge in [-0.1, -0.05) is 17.7 Å². The fourth-order valence-corrected chi connectivity index (χ4v) is 6.98. The average molecular weight is 574 g/mol. The van der Waals surface area contributed by atoms with Crippen LogP contribution in [0.4, 0.5) is 13.2 Å². The van der Waals surface area contributed by atoms with Crippen molar-refractivity contribution in [3.63, 3.8) is 0 Å². The van der Waals surface area contributed by atoms with Gasteiger partial charge in [0.1, 0.15) is 30.0 Å². The highest BCUT2D eigenvalue weighted by molar-refractivity contribution is 5.30. The Morgan fingerprint density at radius 2 is 1.90 bits per heavy atom. The molecular weight excluding hydrogens is 535 g/mol. The second-order valence-corrected chi connectivity index (χ2v) is 12.2. The Morgan fingerprint density at radius 3 is 2.66 bits per heavy atom. The molecule has 2 aromatic heterocycles. The van der Waals surface area contributed by atoms with E-state index in [9.17, 15) is 13.2 Å². The third-order valence-corrected chi connectivity index (χ3v) is 9.55. The zero-order valence-corrected chi connectivity index (χ0v) is 23.8. The van der Waals surface area contributed by atoms with Crippen LogP contribution in [-0.4, -0.2) is 60.9 Å². The summed E-state index contributed by atoms with van der Waals surface area (Å²) in [6.45, 7) is 0.783. The summed E-state index contributed by atoms with van der Waals surface area (Å²) in [5.41, 5.74) is 0.360. The summed E-state index contributed by atoms with van der Waals surface area (Å²) in [6.07, 6.45) is 6.21. The number of alkyl halides is 3. The van der Waals surface area contributed by atoms with E-state index in [1.165, 1.54) is 31.4 Å². The molecule has 1 aromatic carbocycles. The van der Waals surface area contributed by atoms with E-state index in [0.717, 1.165) is 62.4 Å². The predicted octanol–water partition coefficient (Wildman–Crippen LogP) is 5.47. The summed E-state index contributed by atoms with van der Waals surface area (Å²) in [4.78, 5) is 2.34. The van der Waals surface area contributed by atoms with Crippen LogP contribution < -0.4 is 4.74 Å². The number of ether oxygens (including phenoxy) is 2. The minimum Gasteiger partial charge on any atom is -0.486 e. The van der Waals surface area contributed by atoms with Crippen LogP contribution >= 0.6 is 0 Å². The molecule has 3 heterocycles. The quantitative estimate of drug-likeness (QED) is 0.371. The first kappa shape index (κ1) is 28.1. The molecule has 3 unspecified atom stereocenters. The Balaban J connectivity index is 1.04. The molecule has 2 aliphatic carbocycles. The molecular formula is C29H38F3N7O2. The molecule has 3 atom stereocenters. The van der Waals surface area contributed by atoms with Gasteiger partial charge in [0.05, 0.1) is 24.4 Å². The second-order valence-electron chi connectivity index (χ2n) is 12.2. The van der Waals surface area contributed by atoms with Gasteiger partial charge in [-0.25, -0.2) is 4.68 Å². The van der Waals surface area contributed by atoms with E-state index in [1.807, 2.05) is 16.3 Å². The summed E-state index contributed by atoms with van der Waals surface area (Å²) in [7, 11) is 6.21. The van der Waals surface area contributed by atoms with Gasteiger partial charge in [0, 0.05) is 18.5 Å². The largest absolute Gasteiger partial charge is 0.486 e. The van der Waals surface area contributed by atoms with Crippen molar-refractivity contribution in [1.82, 2.24) is 34.7 Å². The van der Waals surface area contributed by atoms with E-state index in [0.29, 0.717) is 11.7 Å². The molecule has 2 saturated carbocycles. The molecule has 222 valence electrons. The van der Waals surface area contributed by atoms with Gasteiger partial charge in [0.2, 0.25) is 0 Å². The molecule has 12 heteroatoms. The Kier molecular flexibility index (Phi) is 7.56.